The highest BCUT2D eigenvalue weighted by molar-refractivity contribution is 9.10. The quantitative estimate of drug-likeness (QED) is 0.406. The summed E-state index contributed by atoms with van der Waals surface area (Å²) >= 11 is 21.7. The lowest BCUT2D eigenvalue weighted by Crippen LogP contribution is -2.48. The van der Waals surface area contributed by atoms with Gasteiger partial charge in [0.25, 0.3) is 11.8 Å². The lowest BCUT2D eigenvalue weighted by Gasteiger charge is -2.25. The first-order chi connectivity index (χ1) is 16.3. The Kier molecular flexibility index (Phi) is 6.16. The summed E-state index contributed by atoms with van der Waals surface area (Å²) in [7, 11) is 0. The van der Waals surface area contributed by atoms with Gasteiger partial charge in [0.1, 0.15) is 6.04 Å². The van der Waals surface area contributed by atoms with E-state index in [4.69, 9.17) is 34.8 Å². The number of fused-ring (bicyclic) bond motifs is 1. The van der Waals surface area contributed by atoms with E-state index < -0.39 is 35.7 Å². The Morgan fingerprint density at radius 2 is 1.59 bits per heavy atom. The van der Waals surface area contributed by atoms with E-state index >= 15 is 0 Å². The predicted octanol–water partition coefficient (Wildman–Crippen LogP) is 5.67. The molecule has 3 aromatic rings. The second-order valence-corrected chi connectivity index (χ2v) is 10.1. The van der Waals surface area contributed by atoms with Gasteiger partial charge in [0.05, 0.1) is 22.7 Å². The summed E-state index contributed by atoms with van der Waals surface area (Å²) in [5, 5.41) is 2.31. The van der Waals surface area contributed by atoms with Crippen LogP contribution in [-0.4, -0.2) is 28.8 Å². The van der Waals surface area contributed by atoms with E-state index in [1.165, 1.54) is 17.1 Å². The van der Waals surface area contributed by atoms with E-state index in [0.717, 1.165) is 4.90 Å². The summed E-state index contributed by atoms with van der Waals surface area (Å²) in [6.07, 6.45) is 0. The molecule has 5 rings (SSSR count). The average Bonchev–Trinajstić information content (AvgIpc) is 3.31. The molecule has 3 amide bonds. The van der Waals surface area contributed by atoms with Crippen molar-refractivity contribution in [3.63, 3.8) is 0 Å². The van der Waals surface area contributed by atoms with Crippen LogP contribution in [0.3, 0.4) is 0 Å². The van der Waals surface area contributed by atoms with Gasteiger partial charge in [-0.2, -0.15) is 0 Å². The first-order valence-electron chi connectivity index (χ1n) is 10.2. The summed E-state index contributed by atoms with van der Waals surface area (Å²) in [5.74, 6) is -2.31. The van der Waals surface area contributed by atoms with Gasteiger partial charge in [0.15, 0.2) is 0 Å². The Morgan fingerprint density at radius 1 is 0.882 bits per heavy atom. The van der Waals surface area contributed by atoms with Crippen molar-refractivity contribution in [2.24, 2.45) is 5.92 Å². The minimum Gasteiger partial charge on any atom is -0.274 e. The van der Waals surface area contributed by atoms with Gasteiger partial charge in [-0.15, -0.1) is 0 Å². The summed E-state index contributed by atoms with van der Waals surface area (Å²) < 4.78 is 0.715. The molecule has 2 saturated heterocycles. The molecule has 0 saturated carbocycles. The molecule has 10 heteroatoms. The molecule has 3 atom stereocenters. The first-order valence-corrected chi connectivity index (χ1v) is 12.1. The molecular formula is C24H15BrCl3N3O3. The molecule has 0 aromatic heterocycles. The van der Waals surface area contributed by atoms with Crippen LogP contribution in [0.1, 0.15) is 22.0 Å². The number of hydrazine groups is 1. The lowest BCUT2D eigenvalue weighted by atomic mass is 9.91. The topological polar surface area (TPSA) is 69.7 Å². The average molecular weight is 580 g/mol. The Bertz CT molecular complexity index is 1330. The fourth-order valence-electron chi connectivity index (χ4n) is 4.38. The zero-order valence-electron chi connectivity index (χ0n) is 17.2. The highest BCUT2D eigenvalue weighted by Crippen LogP contribution is 2.44. The van der Waals surface area contributed by atoms with Crippen LogP contribution in [0.15, 0.2) is 71.2 Å². The van der Waals surface area contributed by atoms with Crippen LogP contribution in [0, 0.1) is 5.92 Å². The number of amides is 3. The van der Waals surface area contributed by atoms with E-state index in [-0.39, 0.29) is 10.7 Å². The van der Waals surface area contributed by atoms with E-state index in [1.807, 2.05) is 0 Å². The van der Waals surface area contributed by atoms with Crippen LogP contribution in [-0.2, 0) is 9.59 Å². The minimum absolute atomic E-state index is 0.162. The maximum absolute atomic E-state index is 13.6. The number of hydrogen-bond acceptors (Lipinski definition) is 4. The van der Waals surface area contributed by atoms with Crippen LogP contribution >= 0.6 is 50.7 Å². The molecule has 2 fully saturated rings. The monoisotopic (exact) mass is 577 g/mol. The molecule has 0 radical (unpaired) electrons. The number of nitrogens with one attached hydrogen (secondary N) is 1. The first kappa shape index (κ1) is 23.3. The van der Waals surface area contributed by atoms with Crippen molar-refractivity contribution in [2.45, 2.75) is 12.1 Å². The van der Waals surface area contributed by atoms with Crippen LogP contribution in [0.4, 0.5) is 5.69 Å². The number of rotatable bonds is 3. The fraction of sp³-hybridized carbons (Fsp3) is 0.125. The smallest absolute Gasteiger partial charge is 0.268 e. The summed E-state index contributed by atoms with van der Waals surface area (Å²) in [4.78, 5) is 41.8. The van der Waals surface area contributed by atoms with E-state index in [2.05, 4.69) is 21.4 Å². The normalized spacial score (nSPS) is 21.8. The van der Waals surface area contributed by atoms with Crippen molar-refractivity contribution in [1.82, 2.24) is 10.4 Å². The third kappa shape index (κ3) is 3.91. The van der Waals surface area contributed by atoms with Crippen LogP contribution in [0.25, 0.3) is 0 Å². The molecule has 0 unspecified atom stereocenters. The summed E-state index contributed by atoms with van der Waals surface area (Å²) in [6.45, 7) is 0. The standard InChI is InChI=1S/C24H15BrCl3N3O3/c25-14-3-1-2-13(10-14)22(32)31-21-19(20(29-31)12-4-6-15(26)7-5-12)23(33)30(24(21)34)18-9-8-16(27)11-17(18)28/h1-11,19-21,29H/t19-,20+,21-/m1/s1. The molecule has 1 N–H and O–H groups in total. The van der Waals surface area contributed by atoms with E-state index in [0.29, 0.717) is 25.6 Å². The van der Waals surface area contributed by atoms with Crippen molar-refractivity contribution < 1.29 is 14.4 Å². The number of imide groups is 1. The third-order valence-corrected chi connectivity index (χ3v) is 7.19. The van der Waals surface area contributed by atoms with Gasteiger partial charge in [-0.05, 0) is 54.1 Å². The van der Waals surface area contributed by atoms with Gasteiger partial charge < -0.3 is 0 Å². The molecule has 3 aromatic carbocycles. The fourth-order valence-corrected chi connectivity index (χ4v) is 5.40. The van der Waals surface area contributed by atoms with Crippen LogP contribution < -0.4 is 10.3 Å². The molecule has 34 heavy (non-hydrogen) atoms. The maximum Gasteiger partial charge on any atom is 0.268 e. The van der Waals surface area contributed by atoms with Crippen LogP contribution in [0.5, 0.6) is 0 Å². The van der Waals surface area contributed by atoms with Gasteiger partial charge >= 0.3 is 0 Å². The van der Waals surface area contributed by atoms with Crippen molar-refractivity contribution in [1.29, 1.82) is 0 Å². The molecule has 0 bridgehead atoms. The van der Waals surface area contributed by atoms with Gasteiger partial charge in [-0.3, -0.25) is 19.4 Å². The molecule has 0 aliphatic carbocycles. The molecule has 0 spiro atoms. The largest absolute Gasteiger partial charge is 0.274 e. The lowest BCUT2D eigenvalue weighted by molar-refractivity contribution is -0.123. The van der Waals surface area contributed by atoms with Crippen molar-refractivity contribution in [2.75, 3.05) is 4.90 Å². The Labute approximate surface area is 218 Å². The SMILES string of the molecule is O=C1[C@@H]2[C@H](c3ccc(Cl)cc3)NN(C(=O)c3cccc(Br)c3)[C@H]2C(=O)N1c1ccc(Cl)cc1Cl. The molecule has 172 valence electrons. The minimum atomic E-state index is -1.06. The zero-order chi connectivity index (χ0) is 24.1. The highest BCUT2D eigenvalue weighted by Gasteiger charge is 2.60. The number of benzene rings is 3. The van der Waals surface area contributed by atoms with Crippen molar-refractivity contribution in [3.8, 4) is 0 Å². The second-order valence-electron chi connectivity index (χ2n) is 7.92. The van der Waals surface area contributed by atoms with Gasteiger partial charge in [0.2, 0.25) is 5.91 Å². The summed E-state index contributed by atoms with van der Waals surface area (Å²) in [5.41, 5.74) is 4.41. The number of hydrogen-bond donors (Lipinski definition) is 1. The number of nitrogens with zero attached hydrogens (tertiary/aromatic N) is 2. The van der Waals surface area contributed by atoms with E-state index in [1.54, 1.807) is 54.6 Å². The Balaban J connectivity index is 1.60. The molecule has 2 aliphatic rings. The zero-order valence-corrected chi connectivity index (χ0v) is 21.1. The Morgan fingerprint density at radius 3 is 2.26 bits per heavy atom. The van der Waals surface area contributed by atoms with E-state index in [9.17, 15) is 14.4 Å². The predicted molar refractivity (Wildman–Crippen MR) is 134 cm³/mol. The van der Waals surface area contributed by atoms with Gasteiger partial charge in [0, 0.05) is 20.1 Å². The molecule has 2 heterocycles. The second kappa shape index (κ2) is 8.98. The summed E-state index contributed by atoms with van der Waals surface area (Å²) in [6, 6.07) is 16.6. The molecule has 6 nitrogen and oxygen atoms in total. The van der Waals surface area contributed by atoms with Gasteiger partial charge in [-0.1, -0.05) is 68.9 Å². The van der Waals surface area contributed by atoms with Gasteiger partial charge in [-0.25, -0.2) is 10.3 Å². The van der Waals surface area contributed by atoms with Crippen molar-refractivity contribution in [3.05, 3.63) is 97.4 Å². The highest BCUT2D eigenvalue weighted by atomic mass is 79.9. The number of anilines is 1. The maximum atomic E-state index is 13.6. The molecule has 2 aliphatic heterocycles. The number of carbonyl (C=O) groups is 3. The number of carbonyl (C=O) groups excluding carboxylic acids is 3. The Hall–Kier alpha value is -2.42. The van der Waals surface area contributed by atoms with Crippen molar-refractivity contribution >= 4 is 74.1 Å². The number of halogens is 4. The molecular weight excluding hydrogens is 565 g/mol. The third-order valence-electron chi connectivity index (χ3n) is 5.90. The van der Waals surface area contributed by atoms with Crippen LogP contribution in [0.2, 0.25) is 15.1 Å².